The number of halogens is 2. The number of hydrogen-bond donors (Lipinski definition) is 3. The first-order chi connectivity index (χ1) is 14.8. The number of carbonyl (C=O) groups is 1. The monoisotopic (exact) mass is 435 g/mol. The molecule has 1 aromatic heterocycles. The molecule has 0 saturated carbocycles. The van der Waals surface area contributed by atoms with E-state index in [1.165, 1.54) is 31.5 Å². The van der Waals surface area contributed by atoms with Crippen molar-refractivity contribution < 1.29 is 28.2 Å². The maximum Gasteiger partial charge on any atom is 0.411 e. The Kier molecular flexibility index (Phi) is 6.66. The number of pyridine rings is 1. The number of guanidine groups is 1. The molecule has 4 N–H and O–H groups in total. The third-order valence-corrected chi connectivity index (χ3v) is 4.81. The highest BCUT2D eigenvalue weighted by Crippen LogP contribution is 2.33. The van der Waals surface area contributed by atoms with Crippen LogP contribution in [0.4, 0.5) is 19.4 Å². The van der Waals surface area contributed by atoms with Crippen molar-refractivity contribution in [3.05, 3.63) is 47.7 Å². The standard InChI is InChI=1S/C20H23F2N5O4/c1-3-31-20(30-2)10-27(11-20)17-15(21)7-13(9-24-17)14-6-4-5-12(16(14)22)8-25-18(23)26-19(28)29/h4-7,9H,3,8,10-11H2,1-2H3,(H,28,29)(H3,23,25,26). The number of aromatic nitrogens is 1. The first kappa shape index (κ1) is 22.4. The van der Waals surface area contributed by atoms with Crippen molar-refractivity contribution in [1.82, 2.24) is 10.3 Å². The molecule has 166 valence electrons. The Morgan fingerprint density at radius 3 is 2.77 bits per heavy atom. The smallest absolute Gasteiger partial charge is 0.411 e. The van der Waals surface area contributed by atoms with Crippen molar-refractivity contribution >= 4 is 17.9 Å². The summed E-state index contributed by atoms with van der Waals surface area (Å²) in [4.78, 5) is 20.2. The highest BCUT2D eigenvalue weighted by molar-refractivity contribution is 5.92. The van der Waals surface area contributed by atoms with Crippen molar-refractivity contribution in [2.45, 2.75) is 19.3 Å². The minimum Gasteiger partial charge on any atom is -0.465 e. The molecule has 1 aromatic carbocycles. The number of nitrogens with one attached hydrogen (secondary N) is 1. The average Bonchev–Trinajstić information content (AvgIpc) is 2.69. The van der Waals surface area contributed by atoms with Gasteiger partial charge < -0.3 is 25.2 Å². The van der Waals surface area contributed by atoms with Gasteiger partial charge in [0.1, 0.15) is 5.82 Å². The quantitative estimate of drug-likeness (QED) is 0.347. The Morgan fingerprint density at radius 2 is 2.16 bits per heavy atom. The van der Waals surface area contributed by atoms with Gasteiger partial charge in [0.2, 0.25) is 5.79 Å². The second kappa shape index (κ2) is 9.23. The zero-order valence-corrected chi connectivity index (χ0v) is 17.1. The highest BCUT2D eigenvalue weighted by Gasteiger charge is 2.45. The first-order valence-corrected chi connectivity index (χ1v) is 9.46. The van der Waals surface area contributed by atoms with Gasteiger partial charge in [-0.15, -0.1) is 0 Å². The lowest BCUT2D eigenvalue weighted by molar-refractivity contribution is -0.232. The number of benzene rings is 1. The second-order valence-corrected chi connectivity index (χ2v) is 6.84. The number of aliphatic imine (C=N–C) groups is 1. The molecule has 9 nitrogen and oxygen atoms in total. The summed E-state index contributed by atoms with van der Waals surface area (Å²) in [7, 11) is 1.53. The highest BCUT2D eigenvalue weighted by atomic mass is 19.1. The summed E-state index contributed by atoms with van der Waals surface area (Å²) >= 11 is 0. The van der Waals surface area contributed by atoms with E-state index < -0.39 is 23.5 Å². The SMILES string of the molecule is CCOC1(OC)CN(c2ncc(-c3cccc(CN=C(N)NC(=O)O)c3F)cc2F)C1. The molecule has 2 heterocycles. The fourth-order valence-electron chi connectivity index (χ4n) is 3.28. The Morgan fingerprint density at radius 1 is 1.42 bits per heavy atom. The topological polar surface area (TPSA) is 122 Å². The van der Waals surface area contributed by atoms with E-state index in [0.717, 1.165) is 0 Å². The van der Waals surface area contributed by atoms with Crippen LogP contribution >= 0.6 is 0 Å². The summed E-state index contributed by atoms with van der Waals surface area (Å²) in [6, 6.07) is 5.76. The molecule has 0 bridgehead atoms. The zero-order valence-electron chi connectivity index (χ0n) is 17.1. The van der Waals surface area contributed by atoms with Crippen LogP contribution in [0.2, 0.25) is 0 Å². The molecule has 0 aliphatic carbocycles. The molecular weight excluding hydrogens is 412 g/mol. The Balaban J connectivity index is 1.78. The van der Waals surface area contributed by atoms with E-state index in [1.807, 2.05) is 12.2 Å². The lowest BCUT2D eigenvalue weighted by atomic mass is 10.0. The van der Waals surface area contributed by atoms with Gasteiger partial charge in [0.25, 0.3) is 0 Å². The summed E-state index contributed by atoms with van der Waals surface area (Å²) in [5.41, 5.74) is 5.97. The number of ether oxygens (including phenoxy) is 2. The first-order valence-electron chi connectivity index (χ1n) is 9.46. The summed E-state index contributed by atoms with van der Waals surface area (Å²) in [5.74, 6) is -2.23. The van der Waals surface area contributed by atoms with Crippen LogP contribution in [-0.2, 0) is 16.0 Å². The third kappa shape index (κ3) is 4.89. The Labute approximate surface area is 177 Å². The van der Waals surface area contributed by atoms with Crippen molar-refractivity contribution in [3.8, 4) is 11.1 Å². The van der Waals surface area contributed by atoms with Gasteiger partial charge in [-0.25, -0.2) is 23.6 Å². The van der Waals surface area contributed by atoms with Gasteiger partial charge in [0.15, 0.2) is 17.6 Å². The minimum absolute atomic E-state index is 0.129. The lowest BCUT2D eigenvalue weighted by Gasteiger charge is -2.48. The molecule has 2 aromatic rings. The fourth-order valence-corrected chi connectivity index (χ4v) is 3.28. The van der Waals surface area contributed by atoms with E-state index in [1.54, 1.807) is 11.0 Å². The van der Waals surface area contributed by atoms with Crippen LogP contribution in [0, 0.1) is 11.6 Å². The molecule has 0 spiro atoms. The predicted molar refractivity (Wildman–Crippen MR) is 110 cm³/mol. The molecule has 31 heavy (non-hydrogen) atoms. The van der Waals surface area contributed by atoms with E-state index in [4.69, 9.17) is 20.3 Å². The number of amides is 1. The molecular formula is C20H23F2N5O4. The van der Waals surface area contributed by atoms with E-state index in [9.17, 15) is 13.6 Å². The van der Waals surface area contributed by atoms with E-state index in [2.05, 4.69) is 9.98 Å². The second-order valence-electron chi connectivity index (χ2n) is 6.84. The minimum atomic E-state index is -1.37. The van der Waals surface area contributed by atoms with Crippen molar-refractivity contribution in [2.75, 3.05) is 31.7 Å². The summed E-state index contributed by atoms with van der Waals surface area (Å²) in [6.45, 7) is 2.78. The average molecular weight is 435 g/mol. The van der Waals surface area contributed by atoms with Crippen molar-refractivity contribution in [3.63, 3.8) is 0 Å². The van der Waals surface area contributed by atoms with Crippen LogP contribution < -0.4 is 16.0 Å². The van der Waals surface area contributed by atoms with Gasteiger partial charge in [-0.05, 0) is 13.0 Å². The molecule has 1 amide bonds. The molecule has 1 aliphatic heterocycles. The molecule has 1 saturated heterocycles. The van der Waals surface area contributed by atoms with Crippen molar-refractivity contribution in [1.29, 1.82) is 0 Å². The normalized spacial score (nSPS) is 15.5. The van der Waals surface area contributed by atoms with Crippen LogP contribution in [0.25, 0.3) is 11.1 Å². The van der Waals surface area contributed by atoms with Gasteiger partial charge in [0.05, 0.1) is 19.6 Å². The predicted octanol–water partition coefficient (Wildman–Crippen LogP) is 2.31. The number of anilines is 1. The van der Waals surface area contributed by atoms with Gasteiger partial charge in [-0.2, -0.15) is 0 Å². The maximum atomic E-state index is 14.9. The van der Waals surface area contributed by atoms with E-state index in [-0.39, 0.29) is 35.0 Å². The Bertz CT molecular complexity index is 996. The van der Waals surface area contributed by atoms with E-state index >= 15 is 0 Å². The van der Waals surface area contributed by atoms with Gasteiger partial charge in [0, 0.05) is 36.6 Å². The molecule has 11 heteroatoms. The van der Waals surface area contributed by atoms with Crippen LogP contribution in [-0.4, -0.2) is 54.7 Å². The molecule has 1 fully saturated rings. The summed E-state index contributed by atoms with van der Waals surface area (Å²) in [5, 5.41) is 10.5. The largest absolute Gasteiger partial charge is 0.465 e. The van der Waals surface area contributed by atoms with Crippen LogP contribution in [0.3, 0.4) is 0 Å². The van der Waals surface area contributed by atoms with Gasteiger partial charge in [-0.3, -0.25) is 5.32 Å². The number of carboxylic acid groups (broad SMARTS) is 1. The maximum absolute atomic E-state index is 14.9. The van der Waals surface area contributed by atoms with Gasteiger partial charge >= 0.3 is 6.09 Å². The third-order valence-electron chi connectivity index (χ3n) is 4.81. The zero-order chi connectivity index (χ0) is 22.6. The number of methoxy groups -OCH3 is 1. The molecule has 0 atom stereocenters. The van der Waals surface area contributed by atoms with E-state index in [0.29, 0.717) is 19.7 Å². The number of nitrogens with zero attached hydrogens (tertiary/aromatic N) is 3. The van der Waals surface area contributed by atoms with Crippen LogP contribution in [0.1, 0.15) is 12.5 Å². The molecule has 3 rings (SSSR count). The number of rotatable bonds is 7. The lowest BCUT2D eigenvalue weighted by Crippen LogP contribution is -2.65. The molecule has 0 unspecified atom stereocenters. The fraction of sp³-hybridized carbons (Fsp3) is 0.350. The summed E-state index contributed by atoms with van der Waals surface area (Å²) in [6.07, 6.45) is 0.0147. The van der Waals surface area contributed by atoms with Crippen LogP contribution in [0.5, 0.6) is 0 Å². The molecule has 1 aliphatic rings. The van der Waals surface area contributed by atoms with Gasteiger partial charge in [-0.1, -0.05) is 18.2 Å². The Hall–Kier alpha value is -3.31. The van der Waals surface area contributed by atoms with Crippen molar-refractivity contribution in [2.24, 2.45) is 10.7 Å². The van der Waals surface area contributed by atoms with Crippen LogP contribution in [0.15, 0.2) is 35.5 Å². The number of nitrogens with two attached hydrogens (primary N) is 1. The molecule has 0 radical (unpaired) electrons. The number of hydrogen-bond acceptors (Lipinski definition) is 6. The summed E-state index contributed by atoms with van der Waals surface area (Å²) < 4.78 is 40.6.